The van der Waals surface area contributed by atoms with Crippen LogP contribution in [-0.4, -0.2) is 12.4 Å². The topological polar surface area (TPSA) is 48.5 Å². The molecule has 0 amide bonds. The number of amidine groups is 1. The number of benzene rings is 2. The van der Waals surface area contributed by atoms with Crippen LogP contribution >= 0.6 is 0 Å². The van der Waals surface area contributed by atoms with Crippen molar-refractivity contribution in [3.63, 3.8) is 0 Å². The lowest BCUT2D eigenvalue weighted by molar-refractivity contribution is 0.576. The summed E-state index contributed by atoms with van der Waals surface area (Å²) in [7, 11) is 0. The van der Waals surface area contributed by atoms with Gasteiger partial charge in [0.15, 0.2) is 0 Å². The van der Waals surface area contributed by atoms with E-state index in [0.717, 1.165) is 36.1 Å². The van der Waals surface area contributed by atoms with Gasteiger partial charge in [-0.1, -0.05) is 32.9 Å². The predicted octanol–water partition coefficient (Wildman–Crippen LogP) is 4.92. The average molecular weight is 384 g/mol. The highest BCUT2D eigenvalue weighted by Crippen LogP contribution is 2.30. The molecule has 0 saturated carbocycles. The molecule has 4 nitrogen and oxygen atoms in total. The number of aliphatic imine (C=N–C) groups is 1. The van der Waals surface area contributed by atoms with Crippen molar-refractivity contribution < 1.29 is 8.78 Å². The minimum Gasteiger partial charge on any atom is -0.372 e. The van der Waals surface area contributed by atoms with Crippen molar-refractivity contribution in [1.29, 1.82) is 0 Å². The molecule has 1 aliphatic heterocycles. The molecule has 1 atom stereocenters. The maximum Gasteiger partial charge on any atom is 0.147 e. The second-order valence-corrected chi connectivity index (χ2v) is 7.15. The third-order valence-corrected chi connectivity index (χ3v) is 4.25. The molecule has 0 radical (unpaired) electrons. The molecular formula is C22H26F2N4. The lowest BCUT2D eigenvalue weighted by atomic mass is 10.1. The number of rotatable bonds is 6. The van der Waals surface area contributed by atoms with Gasteiger partial charge in [-0.2, -0.15) is 0 Å². The second kappa shape index (κ2) is 8.87. The Morgan fingerprint density at radius 1 is 1.18 bits per heavy atom. The van der Waals surface area contributed by atoms with E-state index in [9.17, 15) is 8.78 Å². The molecule has 6 heteroatoms. The van der Waals surface area contributed by atoms with Crippen LogP contribution in [0.3, 0.4) is 0 Å². The minimum absolute atomic E-state index is 0.345. The first-order valence-electron chi connectivity index (χ1n) is 9.58. The summed E-state index contributed by atoms with van der Waals surface area (Å²) in [6, 6.07) is 11.2. The summed E-state index contributed by atoms with van der Waals surface area (Å²) in [5.74, 6) is 0.629. The number of para-hydroxylation sites is 1. The zero-order chi connectivity index (χ0) is 20.1. The van der Waals surface area contributed by atoms with Crippen LogP contribution in [0.15, 0.2) is 59.4 Å². The number of halogens is 2. The van der Waals surface area contributed by atoms with Crippen LogP contribution in [0, 0.1) is 17.6 Å². The molecule has 0 fully saturated rings. The summed E-state index contributed by atoms with van der Waals surface area (Å²) in [5, 5.41) is 10.0. The van der Waals surface area contributed by atoms with E-state index < -0.39 is 17.8 Å². The standard InChI is InChI=1S/C22H26F2N4/c1-4-9-25-20(10-14(2)3)27-22-18-7-5-6-8-19(18)26-21(28-22)15-11-16(23)13-17(24)12-15/h5-8,10-14,21,25-26H,4,9H2,1-3H3,(H,27,28)/b20-10+. The Morgan fingerprint density at radius 3 is 2.57 bits per heavy atom. The van der Waals surface area contributed by atoms with Gasteiger partial charge in [-0.05, 0) is 42.7 Å². The van der Waals surface area contributed by atoms with Crippen molar-refractivity contribution >= 4 is 11.5 Å². The molecule has 0 saturated heterocycles. The monoisotopic (exact) mass is 384 g/mol. The first-order chi connectivity index (χ1) is 13.5. The third kappa shape index (κ3) is 4.88. The van der Waals surface area contributed by atoms with Crippen LogP contribution in [0.1, 0.15) is 44.5 Å². The number of nitrogens with one attached hydrogen (secondary N) is 3. The average Bonchev–Trinajstić information content (AvgIpc) is 2.64. The molecule has 0 aliphatic carbocycles. The maximum absolute atomic E-state index is 13.7. The summed E-state index contributed by atoms with van der Waals surface area (Å²) >= 11 is 0. The normalized spacial score (nSPS) is 16.3. The molecule has 2 aromatic rings. The second-order valence-electron chi connectivity index (χ2n) is 7.15. The van der Waals surface area contributed by atoms with Crippen molar-refractivity contribution in [2.24, 2.45) is 10.9 Å². The van der Waals surface area contributed by atoms with Gasteiger partial charge in [-0.15, -0.1) is 0 Å². The summed E-state index contributed by atoms with van der Waals surface area (Å²) in [6.07, 6.45) is 2.50. The Labute approximate surface area is 164 Å². The number of hydrogen-bond donors (Lipinski definition) is 3. The number of fused-ring (bicyclic) bond motifs is 1. The van der Waals surface area contributed by atoms with Crippen LogP contribution in [0.2, 0.25) is 0 Å². The summed E-state index contributed by atoms with van der Waals surface area (Å²) < 4.78 is 27.4. The van der Waals surface area contributed by atoms with Crippen LogP contribution in [0.5, 0.6) is 0 Å². The van der Waals surface area contributed by atoms with Crippen molar-refractivity contribution in [2.75, 3.05) is 11.9 Å². The number of anilines is 1. The Hall–Kier alpha value is -2.89. The Morgan fingerprint density at radius 2 is 1.89 bits per heavy atom. The smallest absolute Gasteiger partial charge is 0.147 e. The number of nitrogens with zero attached hydrogens (tertiary/aromatic N) is 1. The molecule has 3 N–H and O–H groups in total. The van der Waals surface area contributed by atoms with Gasteiger partial charge in [0.05, 0.1) is 0 Å². The van der Waals surface area contributed by atoms with E-state index in [1.54, 1.807) is 0 Å². The van der Waals surface area contributed by atoms with Crippen molar-refractivity contribution in [1.82, 2.24) is 10.6 Å². The predicted molar refractivity (Wildman–Crippen MR) is 110 cm³/mol. The Bertz CT molecular complexity index is 870. The molecule has 0 spiro atoms. The highest BCUT2D eigenvalue weighted by molar-refractivity contribution is 6.05. The quantitative estimate of drug-likeness (QED) is 0.662. The summed E-state index contributed by atoms with van der Waals surface area (Å²) in [4.78, 5) is 4.71. The van der Waals surface area contributed by atoms with Gasteiger partial charge in [-0.25, -0.2) is 13.8 Å². The van der Waals surface area contributed by atoms with E-state index in [0.29, 0.717) is 17.3 Å². The van der Waals surface area contributed by atoms with Gasteiger partial charge in [0.25, 0.3) is 0 Å². The fourth-order valence-electron chi connectivity index (χ4n) is 3.05. The van der Waals surface area contributed by atoms with Crippen molar-refractivity contribution in [2.45, 2.75) is 33.4 Å². The first-order valence-corrected chi connectivity index (χ1v) is 9.58. The number of allylic oxidation sites excluding steroid dienone is 1. The van der Waals surface area contributed by atoms with E-state index in [2.05, 4.69) is 42.8 Å². The van der Waals surface area contributed by atoms with Crippen LogP contribution in [0.25, 0.3) is 0 Å². The zero-order valence-electron chi connectivity index (χ0n) is 16.4. The van der Waals surface area contributed by atoms with E-state index in [4.69, 9.17) is 4.99 Å². The molecule has 28 heavy (non-hydrogen) atoms. The maximum atomic E-state index is 13.7. The Kier molecular flexibility index (Phi) is 6.29. The molecule has 2 aromatic carbocycles. The fourth-order valence-corrected chi connectivity index (χ4v) is 3.05. The molecular weight excluding hydrogens is 358 g/mol. The van der Waals surface area contributed by atoms with E-state index in [-0.39, 0.29) is 0 Å². The summed E-state index contributed by atoms with van der Waals surface area (Å²) in [6.45, 7) is 7.14. The lowest BCUT2D eigenvalue weighted by Crippen LogP contribution is -2.36. The minimum atomic E-state index is -0.620. The van der Waals surface area contributed by atoms with Gasteiger partial charge in [-0.3, -0.25) is 0 Å². The van der Waals surface area contributed by atoms with Gasteiger partial charge < -0.3 is 16.0 Å². The van der Waals surface area contributed by atoms with Gasteiger partial charge in [0, 0.05) is 29.4 Å². The van der Waals surface area contributed by atoms with Gasteiger partial charge in [0.1, 0.15) is 29.5 Å². The molecule has 3 rings (SSSR count). The van der Waals surface area contributed by atoms with E-state index in [1.165, 1.54) is 12.1 Å². The molecule has 0 bridgehead atoms. The Balaban J connectivity index is 1.98. The molecule has 0 aromatic heterocycles. The van der Waals surface area contributed by atoms with E-state index in [1.807, 2.05) is 24.3 Å². The fraction of sp³-hybridized carbons (Fsp3) is 0.318. The first kappa shape index (κ1) is 19.9. The zero-order valence-corrected chi connectivity index (χ0v) is 16.4. The van der Waals surface area contributed by atoms with Crippen molar-refractivity contribution in [3.8, 4) is 0 Å². The highest BCUT2D eigenvalue weighted by Gasteiger charge is 2.22. The SMILES string of the molecule is CCCN/C(=C\C(C)C)NC1=NC(c2cc(F)cc(F)c2)Nc2ccccc21. The third-order valence-electron chi connectivity index (χ3n) is 4.25. The van der Waals surface area contributed by atoms with Crippen LogP contribution in [-0.2, 0) is 0 Å². The molecule has 1 aliphatic rings. The van der Waals surface area contributed by atoms with E-state index >= 15 is 0 Å². The molecule has 148 valence electrons. The largest absolute Gasteiger partial charge is 0.372 e. The van der Waals surface area contributed by atoms with Crippen LogP contribution < -0.4 is 16.0 Å². The molecule has 1 heterocycles. The van der Waals surface area contributed by atoms with Crippen LogP contribution in [0.4, 0.5) is 14.5 Å². The highest BCUT2D eigenvalue weighted by atomic mass is 19.1. The van der Waals surface area contributed by atoms with Crippen molar-refractivity contribution in [3.05, 3.63) is 77.1 Å². The lowest BCUT2D eigenvalue weighted by Gasteiger charge is -2.27. The number of hydrogen-bond acceptors (Lipinski definition) is 4. The van der Waals surface area contributed by atoms with Gasteiger partial charge >= 0.3 is 0 Å². The van der Waals surface area contributed by atoms with Gasteiger partial charge in [0.2, 0.25) is 0 Å². The summed E-state index contributed by atoms with van der Waals surface area (Å²) in [5.41, 5.74) is 2.19. The molecule has 1 unspecified atom stereocenters.